The summed E-state index contributed by atoms with van der Waals surface area (Å²) in [5, 5.41) is 10.2. The summed E-state index contributed by atoms with van der Waals surface area (Å²) < 4.78 is 124. The average Bonchev–Trinajstić information content (AvgIpc) is 2.69. The number of hydrogen-bond donors (Lipinski definition) is 1. The van der Waals surface area contributed by atoms with E-state index in [-0.39, 0.29) is 32.1 Å². The minimum Gasteiger partial charge on any atom is -0.452 e. The molecule has 1 N–H and O–H groups in total. The Labute approximate surface area is 180 Å². The smallest absolute Gasteiger partial charge is 0.449 e. The van der Waals surface area contributed by atoms with Crippen LogP contribution in [0.1, 0.15) is 72.1 Å². The molecule has 32 heavy (non-hydrogen) atoms. The average molecular weight is 484 g/mol. The van der Waals surface area contributed by atoms with Crippen molar-refractivity contribution in [2.45, 2.75) is 107 Å². The Morgan fingerprint density at radius 3 is 2.00 bits per heavy atom. The second-order valence-corrected chi connectivity index (χ2v) is 8.80. The highest BCUT2D eigenvalue weighted by Crippen LogP contribution is 2.64. The van der Waals surface area contributed by atoms with Gasteiger partial charge in [-0.2, -0.15) is 35.1 Å². The number of ether oxygens (including phenoxy) is 2. The molecular formula is C20H28F8O4. The van der Waals surface area contributed by atoms with Crippen molar-refractivity contribution in [3.63, 3.8) is 0 Å². The normalized spacial score (nSPS) is 35.4. The molecule has 0 radical (unpaired) electrons. The lowest BCUT2D eigenvalue weighted by molar-refractivity contribution is -0.522. The zero-order valence-corrected chi connectivity index (χ0v) is 18.0. The fourth-order valence-electron chi connectivity index (χ4n) is 4.60. The van der Waals surface area contributed by atoms with Crippen LogP contribution >= 0.6 is 0 Å². The van der Waals surface area contributed by atoms with Crippen LogP contribution in [-0.4, -0.2) is 46.3 Å². The van der Waals surface area contributed by atoms with E-state index < -0.39 is 65.9 Å². The van der Waals surface area contributed by atoms with Crippen LogP contribution in [0.25, 0.3) is 0 Å². The van der Waals surface area contributed by atoms with Crippen molar-refractivity contribution >= 4 is 5.97 Å². The number of alkyl halides is 8. The molecular weight excluding hydrogens is 456 g/mol. The molecule has 0 aromatic heterocycles. The second kappa shape index (κ2) is 8.56. The van der Waals surface area contributed by atoms with E-state index >= 15 is 8.78 Å². The van der Waals surface area contributed by atoms with Gasteiger partial charge in [0.1, 0.15) is 0 Å². The van der Waals surface area contributed by atoms with E-state index in [9.17, 15) is 36.2 Å². The Kier molecular flexibility index (Phi) is 7.24. The van der Waals surface area contributed by atoms with Crippen LogP contribution in [0.15, 0.2) is 0 Å². The van der Waals surface area contributed by atoms with Crippen molar-refractivity contribution in [2.24, 2.45) is 11.8 Å². The summed E-state index contributed by atoms with van der Waals surface area (Å²) in [7, 11) is 0. The van der Waals surface area contributed by atoms with Crippen LogP contribution in [0, 0.1) is 11.8 Å². The van der Waals surface area contributed by atoms with Gasteiger partial charge in [0.05, 0.1) is 5.92 Å². The van der Waals surface area contributed by atoms with Gasteiger partial charge in [0.2, 0.25) is 0 Å². The molecule has 2 rings (SSSR count). The number of esters is 1. The van der Waals surface area contributed by atoms with Crippen molar-refractivity contribution < 1.29 is 54.5 Å². The molecule has 0 spiro atoms. The zero-order chi connectivity index (χ0) is 24.8. The van der Waals surface area contributed by atoms with Gasteiger partial charge in [-0.05, 0) is 25.7 Å². The van der Waals surface area contributed by atoms with Crippen LogP contribution in [0.2, 0.25) is 0 Å². The van der Waals surface area contributed by atoms with Crippen molar-refractivity contribution in [2.75, 3.05) is 0 Å². The maximum atomic E-state index is 15.7. The minimum atomic E-state index is -6.31. The number of carbonyl (C=O) groups is 1. The van der Waals surface area contributed by atoms with E-state index in [2.05, 4.69) is 4.74 Å². The van der Waals surface area contributed by atoms with Crippen LogP contribution in [0.3, 0.4) is 0 Å². The largest absolute Gasteiger partial charge is 0.452 e. The number of aliphatic hydroxyl groups is 1. The lowest BCUT2D eigenvalue weighted by Gasteiger charge is -2.59. The van der Waals surface area contributed by atoms with Crippen molar-refractivity contribution in [1.29, 1.82) is 0 Å². The monoisotopic (exact) mass is 484 g/mol. The minimum absolute atomic E-state index is 0.0589. The molecule has 188 valence electrons. The first-order valence-electron chi connectivity index (χ1n) is 10.6. The van der Waals surface area contributed by atoms with Gasteiger partial charge in [-0.25, -0.2) is 0 Å². The summed E-state index contributed by atoms with van der Waals surface area (Å²) in [5.41, 5.74) is -7.38. The first-order chi connectivity index (χ1) is 14.4. The van der Waals surface area contributed by atoms with Gasteiger partial charge in [0.15, 0.2) is 11.2 Å². The third-order valence-electron chi connectivity index (χ3n) is 6.88. The fourth-order valence-corrected chi connectivity index (χ4v) is 4.60. The first-order valence-corrected chi connectivity index (χ1v) is 10.6. The molecule has 2 fully saturated rings. The molecule has 1 saturated carbocycles. The number of halogens is 8. The van der Waals surface area contributed by atoms with Crippen molar-refractivity contribution in [1.82, 2.24) is 0 Å². The predicted octanol–water partition coefficient (Wildman–Crippen LogP) is 5.91. The Hall–Kier alpha value is -1.17. The molecule has 0 aromatic carbocycles. The number of rotatable bonds is 5. The lowest BCUT2D eigenvalue weighted by atomic mass is 9.64. The summed E-state index contributed by atoms with van der Waals surface area (Å²) in [4.78, 5) is 12.5. The van der Waals surface area contributed by atoms with Gasteiger partial charge in [-0.15, -0.1) is 0 Å². The van der Waals surface area contributed by atoms with E-state index in [1.807, 2.05) is 0 Å². The molecule has 1 aliphatic heterocycles. The van der Waals surface area contributed by atoms with Gasteiger partial charge in [-0.1, -0.05) is 40.0 Å². The highest BCUT2D eigenvalue weighted by atomic mass is 19.4. The van der Waals surface area contributed by atoms with Gasteiger partial charge in [0, 0.05) is 12.3 Å². The second-order valence-electron chi connectivity index (χ2n) is 8.80. The molecule has 12 heteroatoms. The van der Waals surface area contributed by atoms with Crippen molar-refractivity contribution in [3.05, 3.63) is 0 Å². The SMILES string of the molecule is CCC(C)C(=O)OC1(C2CCCCC2)CC(CC)(C(F)(F)F)OC(O)(C(F)(F)F)C1(F)F. The summed E-state index contributed by atoms with van der Waals surface area (Å²) >= 11 is 0. The van der Waals surface area contributed by atoms with E-state index in [4.69, 9.17) is 4.74 Å². The van der Waals surface area contributed by atoms with E-state index in [1.165, 1.54) is 13.8 Å². The standard InChI is InChI=1S/C20H28F8O4/c1-4-12(3)14(29)31-16(13-9-7-6-8-10-13)11-15(5-2,19(23,24)25)32-18(30,17(16,21)22)20(26,27)28/h12-13,30H,4-11H2,1-3H3. The molecule has 1 aliphatic carbocycles. The van der Waals surface area contributed by atoms with Gasteiger partial charge in [0.25, 0.3) is 0 Å². The van der Waals surface area contributed by atoms with E-state index in [1.54, 1.807) is 0 Å². The molecule has 2 aliphatic rings. The summed E-state index contributed by atoms with van der Waals surface area (Å²) in [6.45, 7) is 3.57. The molecule has 0 amide bonds. The highest BCUT2D eigenvalue weighted by Gasteiger charge is 2.87. The molecule has 4 nitrogen and oxygen atoms in total. The van der Waals surface area contributed by atoms with Crippen LogP contribution in [-0.2, 0) is 14.3 Å². The molecule has 1 heterocycles. The van der Waals surface area contributed by atoms with Crippen LogP contribution in [0.4, 0.5) is 35.1 Å². The third-order valence-corrected chi connectivity index (χ3v) is 6.88. The van der Waals surface area contributed by atoms with Gasteiger partial charge in [-0.3, -0.25) is 4.79 Å². The lowest BCUT2D eigenvalue weighted by Crippen LogP contribution is -2.81. The third kappa shape index (κ3) is 3.99. The maximum Gasteiger partial charge on any atom is 0.449 e. The number of hydrogen-bond acceptors (Lipinski definition) is 4. The van der Waals surface area contributed by atoms with Crippen LogP contribution < -0.4 is 0 Å². The van der Waals surface area contributed by atoms with Gasteiger partial charge >= 0.3 is 30.0 Å². The van der Waals surface area contributed by atoms with Crippen LogP contribution in [0.5, 0.6) is 0 Å². The molecule has 0 bridgehead atoms. The summed E-state index contributed by atoms with van der Waals surface area (Å²) in [6, 6.07) is 0. The van der Waals surface area contributed by atoms with Gasteiger partial charge < -0.3 is 14.6 Å². The Morgan fingerprint density at radius 2 is 1.59 bits per heavy atom. The first kappa shape index (κ1) is 27.1. The number of carbonyl (C=O) groups excluding carboxylic acids is 1. The van der Waals surface area contributed by atoms with E-state index in [0.29, 0.717) is 6.42 Å². The molecule has 4 atom stereocenters. The topological polar surface area (TPSA) is 55.8 Å². The molecule has 1 saturated heterocycles. The van der Waals surface area contributed by atoms with E-state index in [0.717, 1.165) is 6.92 Å². The Balaban J connectivity index is 2.85. The fraction of sp³-hybridized carbons (Fsp3) is 0.950. The Morgan fingerprint density at radius 1 is 1.06 bits per heavy atom. The van der Waals surface area contributed by atoms with Crippen molar-refractivity contribution in [3.8, 4) is 0 Å². The summed E-state index contributed by atoms with van der Waals surface area (Å²) in [6.07, 6.45) is -14.1. The predicted molar refractivity (Wildman–Crippen MR) is 95.6 cm³/mol. The Bertz CT molecular complexity index is 688. The highest BCUT2D eigenvalue weighted by molar-refractivity contribution is 5.72. The quantitative estimate of drug-likeness (QED) is 0.389. The summed E-state index contributed by atoms with van der Waals surface area (Å²) in [5.74, 6) is -14.9. The zero-order valence-electron chi connectivity index (χ0n) is 18.0. The molecule has 4 unspecified atom stereocenters. The maximum absolute atomic E-state index is 15.7. The molecule has 0 aromatic rings.